The van der Waals surface area contributed by atoms with Crippen molar-refractivity contribution in [3.05, 3.63) is 57.7 Å². The molecule has 0 aliphatic rings. The smallest absolute Gasteiger partial charge is 0.339 e. The molecule has 0 amide bonds. The lowest BCUT2D eigenvalue weighted by Crippen LogP contribution is -2.09. The number of rotatable bonds is 1. The fourth-order valence-electron chi connectivity index (χ4n) is 2.40. The van der Waals surface area contributed by atoms with E-state index < -0.39 is 5.97 Å². The third kappa shape index (κ3) is 1.77. The van der Waals surface area contributed by atoms with Crippen molar-refractivity contribution in [3.63, 3.8) is 0 Å². The second kappa shape index (κ2) is 4.49. The largest absolute Gasteiger partial charge is 0.465 e. The Morgan fingerprint density at radius 3 is 2.70 bits per heavy atom. The molecule has 100 valence electrons. The molecule has 4 nitrogen and oxygen atoms in total. The molecule has 0 fully saturated rings. The Balaban J connectivity index is 2.50. The van der Waals surface area contributed by atoms with Crippen molar-refractivity contribution >= 4 is 27.8 Å². The predicted octanol–water partition coefficient (Wildman–Crippen LogP) is 2.78. The summed E-state index contributed by atoms with van der Waals surface area (Å²) in [4.78, 5) is 27.5. The molecule has 1 heterocycles. The van der Waals surface area contributed by atoms with Crippen LogP contribution < -0.4 is 5.43 Å². The fourth-order valence-corrected chi connectivity index (χ4v) is 2.40. The number of pyridine rings is 1. The lowest BCUT2D eigenvalue weighted by atomic mass is 10.1. The highest BCUT2D eigenvalue weighted by Crippen LogP contribution is 2.19. The molecule has 0 saturated carbocycles. The molecule has 3 aromatic rings. The average molecular weight is 267 g/mol. The molecule has 0 aliphatic heterocycles. The van der Waals surface area contributed by atoms with E-state index >= 15 is 0 Å². The van der Waals surface area contributed by atoms with Crippen LogP contribution in [0, 0.1) is 6.92 Å². The fraction of sp³-hybridized carbons (Fsp3) is 0.125. The van der Waals surface area contributed by atoms with Crippen molar-refractivity contribution in [3.8, 4) is 0 Å². The van der Waals surface area contributed by atoms with Crippen LogP contribution in [-0.2, 0) is 4.74 Å². The Bertz CT molecular complexity index is 893. The first-order valence-electron chi connectivity index (χ1n) is 6.25. The van der Waals surface area contributed by atoms with Gasteiger partial charge in [-0.15, -0.1) is 0 Å². The van der Waals surface area contributed by atoms with Crippen molar-refractivity contribution in [1.29, 1.82) is 0 Å². The monoisotopic (exact) mass is 267 g/mol. The Morgan fingerprint density at radius 2 is 1.95 bits per heavy atom. The van der Waals surface area contributed by atoms with Gasteiger partial charge in [-0.3, -0.25) is 4.79 Å². The van der Waals surface area contributed by atoms with Gasteiger partial charge in [-0.05, 0) is 36.8 Å². The van der Waals surface area contributed by atoms with Gasteiger partial charge in [-0.2, -0.15) is 0 Å². The van der Waals surface area contributed by atoms with Gasteiger partial charge >= 0.3 is 5.97 Å². The number of methoxy groups -OCH3 is 1. The number of carbonyl (C=O) groups is 1. The van der Waals surface area contributed by atoms with Crippen molar-refractivity contribution in [2.75, 3.05) is 7.11 Å². The molecule has 0 unspecified atom stereocenters. The highest BCUT2D eigenvalue weighted by molar-refractivity contribution is 6.05. The molecule has 3 rings (SSSR count). The van der Waals surface area contributed by atoms with Gasteiger partial charge in [0.25, 0.3) is 0 Å². The normalized spacial score (nSPS) is 10.9. The summed E-state index contributed by atoms with van der Waals surface area (Å²) in [5.41, 5.74) is 2.56. The van der Waals surface area contributed by atoms with Crippen LogP contribution in [0.4, 0.5) is 0 Å². The van der Waals surface area contributed by atoms with Gasteiger partial charge in [-0.25, -0.2) is 4.79 Å². The van der Waals surface area contributed by atoms with Crippen LogP contribution in [0.5, 0.6) is 0 Å². The number of benzene rings is 2. The van der Waals surface area contributed by atoms with Crippen molar-refractivity contribution in [2.45, 2.75) is 6.92 Å². The molecule has 0 spiro atoms. The van der Waals surface area contributed by atoms with E-state index in [0.29, 0.717) is 21.9 Å². The summed E-state index contributed by atoms with van der Waals surface area (Å²) in [6, 6.07) is 10.6. The molecule has 1 aromatic heterocycles. The number of fused-ring (bicyclic) bond motifs is 2. The first kappa shape index (κ1) is 12.4. The summed E-state index contributed by atoms with van der Waals surface area (Å²) in [6.45, 7) is 1.95. The number of carbonyl (C=O) groups excluding carboxylic acids is 1. The number of nitrogens with one attached hydrogen (secondary N) is 1. The van der Waals surface area contributed by atoms with E-state index in [1.54, 1.807) is 24.3 Å². The Morgan fingerprint density at radius 1 is 1.15 bits per heavy atom. The number of hydrogen-bond donors (Lipinski definition) is 1. The predicted molar refractivity (Wildman–Crippen MR) is 78.2 cm³/mol. The molecule has 4 heteroatoms. The van der Waals surface area contributed by atoms with Gasteiger partial charge < -0.3 is 9.72 Å². The Hall–Kier alpha value is -2.62. The maximum atomic E-state index is 12.5. The molecule has 20 heavy (non-hydrogen) atoms. The summed E-state index contributed by atoms with van der Waals surface area (Å²) in [6.07, 6.45) is 0. The number of ether oxygens (including phenoxy) is 1. The van der Waals surface area contributed by atoms with Crippen LogP contribution in [0.15, 0.2) is 41.2 Å². The molecular formula is C16H13NO3. The first-order valence-corrected chi connectivity index (χ1v) is 6.25. The maximum absolute atomic E-state index is 12.5. The maximum Gasteiger partial charge on any atom is 0.339 e. The highest BCUT2D eigenvalue weighted by Gasteiger charge is 2.13. The van der Waals surface area contributed by atoms with E-state index in [4.69, 9.17) is 4.74 Å². The summed E-state index contributed by atoms with van der Waals surface area (Å²) >= 11 is 0. The second-order valence-corrected chi connectivity index (χ2v) is 4.72. The van der Waals surface area contributed by atoms with Gasteiger partial charge in [-0.1, -0.05) is 12.1 Å². The topological polar surface area (TPSA) is 59.2 Å². The quantitative estimate of drug-likeness (QED) is 0.545. The van der Waals surface area contributed by atoms with E-state index in [9.17, 15) is 9.59 Å². The van der Waals surface area contributed by atoms with E-state index in [0.717, 1.165) is 11.1 Å². The first-order chi connectivity index (χ1) is 9.61. The average Bonchev–Trinajstić information content (AvgIpc) is 2.46. The summed E-state index contributed by atoms with van der Waals surface area (Å²) in [5.74, 6) is -0.460. The Kier molecular flexibility index (Phi) is 2.79. The van der Waals surface area contributed by atoms with Crippen LogP contribution in [0.3, 0.4) is 0 Å². The number of esters is 1. The zero-order valence-corrected chi connectivity index (χ0v) is 11.2. The van der Waals surface area contributed by atoms with Gasteiger partial charge in [0, 0.05) is 10.8 Å². The van der Waals surface area contributed by atoms with Crippen LogP contribution >= 0.6 is 0 Å². The zero-order valence-electron chi connectivity index (χ0n) is 11.2. The van der Waals surface area contributed by atoms with E-state index in [1.807, 2.05) is 19.1 Å². The number of para-hydroxylation sites is 1. The molecule has 0 bridgehead atoms. The summed E-state index contributed by atoms with van der Waals surface area (Å²) in [7, 11) is 1.32. The third-order valence-corrected chi connectivity index (χ3v) is 3.39. The third-order valence-electron chi connectivity index (χ3n) is 3.39. The van der Waals surface area contributed by atoms with Crippen LogP contribution in [0.1, 0.15) is 15.9 Å². The van der Waals surface area contributed by atoms with Crippen molar-refractivity contribution < 1.29 is 9.53 Å². The van der Waals surface area contributed by atoms with Crippen molar-refractivity contribution in [2.24, 2.45) is 0 Å². The number of hydrogen-bond acceptors (Lipinski definition) is 3. The SMILES string of the molecule is COC(=O)c1cccc2c(=O)c3ccc(C)cc3[nH]c12. The standard InChI is InChI=1S/C16H13NO3/c1-9-6-7-10-13(8-9)17-14-11(15(10)18)4-3-5-12(14)16(19)20-2/h3-8H,1-2H3,(H,17,18). The van der Waals surface area contributed by atoms with Gasteiger partial charge in [0.15, 0.2) is 5.43 Å². The highest BCUT2D eigenvalue weighted by atomic mass is 16.5. The molecular weight excluding hydrogens is 254 g/mol. The van der Waals surface area contributed by atoms with Gasteiger partial charge in [0.2, 0.25) is 0 Å². The van der Waals surface area contributed by atoms with Crippen LogP contribution in [-0.4, -0.2) is 18.1 Å². The number of aromatic nitrogens is 1. The van der Waals surface area contributed by atoms with E-state index in [1.165, 1.54) is 7.11 Å². The Labute approximate surface area is 115 Å². The summed E-state index contributed by atoms with van der Waals surface area (Å²) < 4.78 is 4.76. The summed E-state index contributed by atoms with van der Waals surface area (Å²) in [5, 5.41) is 1.11. The molecule has 0 aliphatic carbocycles. The molecule has 1 N–H and O–H groups in total. The lowest BCUT2D eigenvalue weighted by Gasteiger charge is -2.07. The minimum absolute atomic E-state index is 0.0838. The van der Waals surface area contributed by atoms with Crippen LogP contribution in [0.2, 0.25) is 0 Å². The van der Waals surface area contributed by atoms with Crippen LogP contribution in [0.25, 0.3) is 21.8 Å². The molecule has 2 aromatic carbocycles. The van der Waals surface area contributed by atoms with E-state index in [-0.39, 0.29) is 5.43 Å². The number of H-pyrrole nitrogens is 1. The van der Waals surface area contributed by atoms with Gasteiger partial charge in [0.1, 0.15) is 0 Å². The number of aryl methyl sites for hydroxylation is 1. The van der Waals surface area contributed by atoms with Crippen molar-refractivity contribution in [1.82, 2.24) is 4.98 Å². The minimum Gasteiger partial charge on any atom is -0.465 e. The lowest BCUT2D eigenvalue weighted by molar-refractivity contribution is 0.0603. The molecule has 0 atom stereocenters. The number of aromatic amines is 1. The zero-order chi connectivity index (χ0) is 14.3. The molecule has 0 saturated heterocycles. The minimum atomic E-state index is -0.460. The molecule has 0 radical (unpaired) electrons. The second-order valence-electron chi connectivity index (χ2n) is 4.72. The van der Waals surface area contributed by atoms with E-state index in [2.05, 4.69) is 4.98 Å². The van der Waals surface area contributed by atoms with Gasteiger partial charge in [0.05, 0.1) is 23.7 Å².